The number of furan rings is 1. The summed E-state index contributed by atoms with van der Waals surface area (Å²) < 4.78 is 10.8. The van der Waals surface area contributed by atoms with E-state index in [1.165, 1.54) is 29.3 Å². The summed E-state index contributed by atoms with van der Waals surface area (Å²) in [5, 5.41) is 6.79. The average Bonchev–Trinajstić information content (AvgIpc) is 3.24. The number of nitrogens with zero attached hydrogens (tertiary/aromatic N) is 3. The van der Waals surface area contributed by atoms with E-state index in [9.17, 15) is 4.79 Å². The van der Waals surface area contributed by atoms with Crippen LogP contribution in [0.3, 0.4) is 0 Å². The summed E-state index contributed by atoms with van der Waals surface area (Å²) >= 11 is 0. The van der Waals surface area contributed by atoms with E-state index >= 15 is 0 Å². The van der Waals surface area contributed by atoms with Crippen molar-refractivity contribution in [3.63, 3.8) is 0 Å². The molecular weight excluding hydrogens is 410 g/mol. The summed E-state index contributed by atoms with van der Waals surface area (Å²) in [7, 11) is 0. The zero-order chi connectivity index (χ0) is 22.7. The predicted octanol–water partition coefficient (Wildman–Crippen LogP) is 7.03. The molecule has 0 bridgehead atoms. The minimum Gasteiger partial charge on any atom is -0.454 e. The summed E-state index contributed by atoms with van der Waals surface area (Å²) in [6.45, 7) is 7.37. The SMILES string of the molecule is Cc1c(-c2cc3ccc(-c4cnn(C(C)C)c4)cc3n2CC2CC2)oc2cc(C=O)ccc12. The third-order valence-electron chi connectivity index (χ3n) is 6.84. The smallest absolute Gasteiger partial charge is 0.154 e. The van der Waals surface area contributed by atoms with Crippen molar-refractivity contribution in [2.24, 2.45) is 5.92 Å². The van der Waals surface area contributed by atoms with Gasteiger partial charge in [0.2, 0.25) is 0 Å². The van der Waals surface area contributed by atoms with E-state index in [2.05, 4.69) is 60.9 Å². The van der Waals surface area contributed by atoms with Crippen molar-refractivity contribution in [1.82, 2.24) is 14.3 Å². The van der Waals surface area contributed by atoms with Crippen LogP contribution >= 0.6 is 0 Å². The molecule has 0 aliphatic heterocycles. The fourth-order valence-electron chi connectivity index (χ4n) is 4.71. The van der Waals surface area contributed by atoms with Crippen LogP contribution in [0, 0.1) is 12.8 Å². The van der Waals surface area contributed by atoms with Crippen LogP contribution < -0.4 is 0 Å². The van der Waals surface area contributed by atoms with E-state index < -0.39 is 0 Å². The largest absolute Gasteiger partial charge is 0.454 e. The van der Waals surface area contributed by atoms with Crippen LogP contribution in [0.1, 0.15) is 48.7 Å². The van der Waals surface area contributed by atoms with E-state index in [1.54, 1.807) is 0 Å². The van der Waals surface area contributed by atoms with Crippen LogP contribution in [0.15, 0.2) is 59.3 Å². The van der Waals surface area contributed by atoms with Gasteiger partial charge < -0.3 is 8.98 Å². The van der Waals surface area contributed by atoms with Gasteiger partial charge >= 0.3 is 0 Å². The Labute approximate surface area is 192 Å². The molecule has 6 rings (SSSR count). The molecule has 0 amide bonds. The number of hydrogen-bond donors (Lipinski definition) is 0. The van der Waals surface area contributed by atoms with Crippen LogP contribution in [0.5, 0.6) is 0 Å². The zero-order valence-electron chi connectivity index (χ0n) is 19.2. The molecule has 5 aromatic rings. The molecule has 166 valence electrons. The third-order valence-corrected chi connectivity index (χ3v) is 6.84. The third kappa shape index (κ3) is 3.39. The van der Waals surface area contributed by atoms with E-state index in [1.807, 2.05) is 29.1 Å². The molecule has 0 saturated heterocycles. The summed E-state index contributed by atoms with van der Waals surface area (Å²) in [6, 6.07) is 14.9. The predicted molar refractivity (Wildman–Crippen MR) is 132 cm³/mol. The molecule has 1 aliphatic carbocycles. The van der Waals surface area contributed by atoms with Gasteiger partial charge in [-0.2, -0.15) is 5.10 Å². The highest BCUT2D eigenvalue weighted by Gasteiger charge is 2.26. The molecule has 0 spiro atoms. The van der Waals surface area contributed by atoms with Crippen molar-refractivity contribution >= 4 is 28.2 Å². The Kier molecular flexibility index (Phi) is 4.54. The second kappa shape index (κ2) is 7.48. The van der Waals surface area contributed by atoms with Gasteiger partial charge in [-0.25, -0.2) is 0 Å². The van der Waals surface area contributed by atoms with Crippen LogP contribution in [-0.2, 0) is 6.54 Å². The Bertz CT molecular complexity index is 1510. The molecule has 3 aromatic heterocycles. The van der Waals surface area contributed by atoms with Crippen LogP contribution in [-0.4, -0.2) is 20.6 Å². The molecule has 5 nitrogen and oxygen atoms in total. The number of aromatic nitrogens is 3. The maximum Gasteiger partial charge on any atom is 0.154 e. The van der Waals surface area contributed by atoms with Crippen LogP contribution in [0.4, 0.5) is 0 Å². The lowest BCUT2D eigenvalue weighted by atomic mass is 10.1. The van der Waals surface area contributed by atoms with E-state index in [-0.39, 0.29) is 0 Å². The van der Waals surface area contributed by atoms with Crippen molar-refractivity contribution in [1.29, 1.82) is 0 Å². The van der Waals surface area contributed by atoms with Gasteiger partial charge in [0.25, 0.3) is 0 Å². The zero-order valence-corrected chi connectivity index (χ0v) is 19.2. The first kappa shape index (κ1) is 20.0. The fraction of sp³-hybridized carbons (Fsp3) is 0.286. The quantitative estimate of drug-likeness (QED) is 0.268. The second-order valence-electron chi connectivity index (χ2n) is 9.59. The fourth-order valence-corrected chi connectivity index (χ4v) is 4.71. The van der Waals surface area contributed by atoms with Crippen molar-refractivity contribution in [2.45, 2.75) is 46.2 Å². The van der Waals surface area contributed by atoms with Gasteiger partial charge in [-0.3, -0.25) is 9.48 Å². The minimum atomic E-state index is 0.337. The Balaban J connectivity index is 1.52. The lowest BCUT2D eigenvalue weighted by molar-refractivity contribution is 0.112. The molecule has 1 aliphatic rings. The maximum absolute atomic E-state index is 11.2. The van der Waals surface area contributed by atoms with Gasteiger partial charge in [-0.15, -0.1) is 0 Å². The molecule has 1 saturated carbocycles. The highest BCUT2D eigenvalue weighted by molar-refractivity contribution is 5.94. The van der Waals surface area contributed by atoms with Crippen molar-refractivity contribution in [2.75, 3.05) is 0 Å². The minimum absolute atomic E-state index is 0.337. The highest BCUT2D eigenvalue weighted by atomic mass is 16.3. The summed E-state index contributed by atoms with van der Waals surface area (Å²) in [4.78, 5) is 11.2. The topological polar surface area (TPSA) is 53.0 Å². The Morgan fingerprint density at radius 1 is 1.12 bits per heavy atom. The Morgan fingerprint density at radius 2 is 1.97 bits per heavy atom. The number of hydrogen-bond acceptors (Lipinski definition) is 3. The number of aryl methyl sites for hydroxylation is 1. The molecule has 0 unspecified atom stereocenters. The lowest BCUT2D eigenvalue weighted by Gasteiger charge is -2.10. The standard InChI is InChI=1S/C28H27N3O2/c1-17(2)31-15-23(13-29-31)21-7-8-22-12-26(30(25(22)11-21)14-19-4-5-19)28-18(3)24-9-6-20(16-32)10-27(24)33-28/h6-13,15-17,19H,4-5,14H2,1-3H3. The lowest BCUT2D eigenvalue weighted by Crippen LogP contribution is -2.02. The number of aldehydes is 1. The summed E-state index contributed by atoms with van der Waals surface area (Å²) in [5.74, 6) is 1.61. The molecular formula is C28H27N3O2. The van der Waals surface area contributed by atoms with Crippen molar-refractivity contribution in [3.05, 3.63) is 66.0 Å². The number of fused-ring (bicyclic) bond motifs is 2. The number of benzene rings is 2. The van der Waals surface area contributed by atoms with Crippen molar-refractivity contribution < 1.29 is 9.21 Å². The Hall–Kier alpha value is -3.60. The van der Waals surface area contributed by atoms with Gasteiger partial charge in [0.1, 0.15) is 11.9 Å². The second-order valence-corrected chi connectivity index (χ2v) is 9.59. The molecule has 2 aromatic carbocycles. The van der Waals surface area contributed by atoms with Crippen LogP contribution in [0.2, 0.25) is 0 Å². The van der Waals surface area contributed by atoms with Crippen LogP contribution in [0.25, 0.3) is 44.5 Å². The monoisotopic (exact) mass is 437 g/mol. The number of carbonyl (C=O) groups is 1. The van der Waals surface area contributed by atoms with E-state index in [0.717, 1.165) is 52.3 Å². The number of carbonyl (C=O) groups excluding carboxylic acids is 1. The van der Waals surface area contributed by atoms with Gasteiger partial charge in [-0.05, 0) is 63.3 Å². The first-order valence-electron chi connectivity index (χ1n) is 11.7. The molecule has 0 atom stereocenters. The van der Waals surface area contributed by atoms with Gasteiger partial charge in [0, 0.05) is 51.8 Å². The van der Waals surface area contributed by atoms with Gasteiger partial charge in [0.15, 0.2) is 5.76 Å². The molecule has 5 heteroatoms. The Morgan fingerprint density at radius 3 is 2.70 bits per heavy atom. The molecule has 33 heavy (non-hydrogen) atoms. The normalized spacial score (nSPS) is 14.1. The van der Waals surface area contributed by atoms with E-state index in [4.69, 9.17) is 4.42 Å². The molecule has 0 N–H and O–H groups in total. The molecule has 0 radical (unpaired) electrons. The van der Waals surface area contributed by atoms with E-state index in [0.29, 0.717) is 11.6 Å². The molecule has 3 heterocycles. The number of rotatable bonds is 6. The van der Waals surface area contributed by atoms with Crippen molar-refractivity contribution in [3.8, 4) is 22.6 Å². The highest BCUT2D eigenvalue weighted by Crippen LogP contribution is 2.40. The van der Waals surface area contributed by atoms with Gasteiger partial charge in [-0.1, -0.05) is 24.3 Å². The molecule has 1 fully saturated rings. The maximum atomic E-state index is 11.2. The van der Waals surface area contributed by atoms with Gasteiger partial charge in [0.05, 0.1) is 11.9 Å². The first-order chi connectivity index (χ1) is 16.0. The summed E-state index contributed by atoms with van der Waals surface area (Å²) in [5.41, 5.74) is 7.14. The average molecular weight is 438 g/mol. The first-order valence-corrected chi connectivity index (χ1v) is 11.7. The summed E-state index contributed by atoms with van der Waals surface area (Å²) in [6.07, 6.45) is 7.49.